The fourth-order valence-corrected chi connectivity index (χ4v) is 2.85. The zero-order valence-electron chi connectivity index (χ0n) is 16.9. The summed E-state index contributed by atoms with van der Waals surface area (Å²) in [6, 6.07) is 8.36. The normalized spacial score (nSPS) is 10.5. The standard InChI is InChI=1S/C11H10ClN3O2.C8H6N4O4/c12-14-5-6-2-1-3-7(4-6)15-9-8(13)10(16)11(9)17;1-16-8(15)5-2-4(7(13)14)10-6-3-9-11-12(5)6/h1-4,14-15H,5,13H2;2-3H,1H3,(H,13,14). The highest BCUT2D eigenvalue weighted by molar-refractivity contribution is 6.13. The van der Waals surface area contributed by atoms with Crippen LogP contribution in [0.5, 0.6) is 0 Å². The van der Waals surface area contributed by atoms with Gasteiger partial charge in [0.15, 0.2) is 17.0 Å². The van der Waals surface area contributed by atoms with Crippen molar-refractivity contribution in [1.82, 2.24) is 24.6 Å². The van der Waals surface area contributed by atoms with Crippen molar-refractivity contribution in [3.8, 4) is 0 Å². The van der Waals surface area contributed by atoms with E-state index in [1.807, 2.05) is 18.2 Å². The summed E-state index contributed by atoms with van der Waals surface area (Å²) in [6.07, 6.45) is 1.25. The number of ether oxygens (including phenoxy) is 1. The fourth-order valence-electron chi connectivity index (χ4n) is 2.70. The first-order valence-corrected chi connectivity index (χ1v) is 9.46. The topological polar surface area (TPSA) is 191 Å². The molecule has 2 aromatic carbocycles. The van der Waals surface area contributed by atoms with Gasteiger partial charge < -0.3 is 20.9 Å². The van der Waals surface area contributed by atoms with Crippen molar-refractivity contribution in [3.05, 3.63) is 73.9 Å². The number of nitrogens with two attached hydrogens (primary N) is 1. The van der Waals surface area contributed by atoms with Crippen LogP contribution in [0.3, 0.4) is 0 Å². The first-order valence-electron chi connectivity index (χ1n) is 9.08. The van der Waals surface area contributed by atoms with E-state index in [1.54, 1.807) is 6.07 Å². The van der Waals surface area contributed by atoms with Crippen molar-refractivity contribution in [2.75, 3.05) is 18.2 Å². The average Bonchev–Trinajstić information content (AvgIpc) is 3.30. The zero-order valence-corrected chi connectivity index (χ0v) is 17.7. The number of methoxy groups -OCH3 is 1. The molecule has 0 amide bonds. The Balaban J connectivity index is 0.000000186. The molecule has 2 heterocycles. The minimum atomic E-state index is -1.24. The number of carboxylic acids is 1. The summed E-state index contributed by atoms with van der Waals surface area (Å²) in [6.45, 7) is 0.498. The highest BCUT2D eigenvalue weighted by Crippen LogP contribution is 2.19. The number of nitrogens with zero attached hydrogens (tertiary/aromatic N) is 4. The number of aromatic carboxylic acids is 1. The summed E-state index contributed by atoms with van der Waals surface area (Å²) in [5.41, 5.74) is 5.84. The van der Waals surface area contributed by atoms with Gasteiger partial charge in [0.25, 0.3) is 10.9 Å². The summed E-state index contributed by atoms with van der Waals surface area (Å²) in [5.74, 6) is -1.95. The summed E-state index contributed by atoms with van der Waals surface area (Å²) >= 11 is 5.40. The Hall–Kier alpha value is -4.36. The minimum Gasteiger partial charge on any atom is -0.477 e. The molecule has 0 aliphatic carbocycles. The van der Waals surface area contributed by atoms with Gasteiger partial charge >= 0.3 is 11.9 Å². The molecule has 170 valence electrons. The van der Waals surface area contributed by atoms with Crippen LogP contribution >= 0.6 is 11.8 Å². The molecule has 0 radical (unpaired) electrons. The van der Waals surface area contributed by atoms with Crippen LogP contribution in [0.25, 0.3) is 5.65 Å². The lowest BCUT2D eigenvalue weighted by Gasteiger charge is -2.10. The first kappa shape index (κ1) is 23.3. The molecule has 14 heteroatoms. The number of nitrogen functional groups attached to an aromatic ring is 1. The number of halogens is 1. The van der Waals surface area contributed by atoms with Crippen molar-refractivity contribution >= 4 is 46.4 Å². The molecule has 13 nitrogen and oxygen atoms in total. The van der Waals surface area contributed by atoms with Crippen LogP contribution in [0.15, 0.2) is 46.1 Å². The highest BCUT2D eigenvalue weighted by atomic mass is 35.5. The Kier molecular flexibility index (Phi) is 6.95. The van der Waals surface area contributed by atoms with E-state index in [0.29, 0.717) is 12.2 Å². The number of nitrogens with one attached hydrogen (secondary N) is 2. The van der Waals surface area contributed by atoms with E-state index in [-0.39, 0.29) is 28.4 Å². The van der Waals surface area contributed by atoms with Gasteiger partial charge in [0.2, 0.25) is 0 Å². The number of anilines is 3. The van der Waals surface area contributed by atoms with E-state index < -0.39 is 22.8 Å². The molecule has 0 bridgehead atoms. The van der Waals surface area contributed by atoms with Gasteiger partial charge in [-0.05, 0) is 29.5 Å². The minimum absolute atomic E-state index is 0.0177. The third kappa shape index (κ3) is 4.94. The summed E-state index contributed by atoms with van der Waals surface area (Å²) in [5, 5.41) is 18.7. The molecule has 0 atom stereocenters. The van der Waals surface area contributed by atoms with Gasteiger partial charge in [0.05, 0.1) is 13.3 Å². The van der Waals surface area contributed by atoms with Gasteiger partial charge in [-0.25, -0.2) is 19.4 Å². The van der Waals surface area contributed by atoms with Crippen molar-refractivity contribution in [2.45, 2.75) is 6.54 Å². The van der Waals surface area contributed by atoms with Gasteiger partial charge in [-0.3, -0.25) is 9.59 Å². The smallest absolute Gasteiger partial charge is 0.356 e. The van der Waals surface area contributed by atoms with Crippen LogP contribution in [0.1, 0.15) is 26.5 Å². The summed E-state index contributed by atoms with van der Waals surface area (Å²) < 4.78 is 5.61. The van der Waals surface area contributed by atoms with E-state index in [9.17, 15) is 19.2 Å². The monoisotopic (exact) mass is 473 g/mol. The molecule has 0 saturated carbocycles. The van der Waals surface area contributed by atoms with Gasteiger partial charge in [0.1, 0.15) is 11.4 Å². The molecule has 5 N–H and O–H groups in total. The fraction of sp³-hybridized carbons (Fsp3) is 0.105. The maximum atomic E-state index is 11.4. The van der Waals surface area contributed by atoms with E-state index >= 15 is 0 Å². The van der Waals surface area contributed by atoms with Crippen LogP contribution in [-0.2, 0) is 11.3 Å². The maximum Gasteiger partial charge on any atom is 0.356 e. The number of fused-ring (bicyclic) bond motifs is 1. The number of aromatic nitrogens is 4. The Labute approximate surface area is 189 Å². The molecule has 2 aromatic heterocycles. The SMILES string of the molecule is COC(=O)c1cc(C(=O)O)nc2cnnn12.Nc1c(Nc2cccc(CNCl)c2)c(=O)c1=O. The van der Waals surface area contributed by atoms with E-state index in [4.69, 9.17) is 22.6 Å². The molecule has 33 heavy (non-hydrogen) atoms. The lowest BCUT2D eigenvalue weighted by molar-refractivity contribution is 0.0590. The van der Waals surface area contributed by atoms with Crippen molar-refractivity contribution in [3.63, 3.8) is 0 Å². The molecule has 0 unspecified atom stereocenters. The third-order valence-electron chi connectivity index (χ3n) is 4.30. The van der Waals surface area contributed by atoms with E-state index in [1.165, 1.54) is 13.3 Å². The predicted molar refractivity (Wildman–Crippen MR) is 117 cm³/mol. The highest BCUT2D eigenvalue weighted by Gasteiger charge is 2.18. The molecular formula is C19H16ClN7O6. The van der Waals surface area contributed by atoms with Crippen molar-refractivity contribution < 1.29 is 19.4 Å². The molecule has 0 saturated heterocycles. The number of carboxylic acid groups (broad SMARTS) is 1. The lowest BCUT2D eigenvalue weighted by Crippen LogP contribution is -2.36. The largest absolute Gasteiger partial charge is 0.477 e. The second-order valence-electron chi connectivity index (χ2n) is 6.41. The van der Waals surface area contributed by atoms with Gasteiger partial charge in [-0.15, -0.1) is 5.10 Å². The maximum absolute atomic E-state index is 11.4. The number of hydrogen-bond donors (Lipinski definition) is 4. The average molecular weight is 474 g/mol. The van der Waals surface area contributed by atoms with Gasteiger partial charge in [-0.1, -0.05) is 17.3 Å². The predicted octanol–water partition coefficient (Wildman–Crippen LogP) is 0.461. The Morgan fingerprint density at radius 1 is 1.24 bits per heavy atom. The number of rotatable bonds is 6. The molecule has 0 spiro atoms. The van der Waals surface area contributed by atoms with Crippen LogP contribution in [0.4, 0.5) is 17.1 Å². The van der Waals surface area contributed by atoms with Crippen LogP contribution in [0.2, 0.25) is 0 Å². The van der Waals surface area contributed by atoms with E-state index in [2.05, 4.69) is 30.2 Å². The van der Waals surface area contributed by atoms with Crippen LogP contribution in [0, 0.1) is 0 Å². The first-order chi connectivity index (χ1) is 15.8. The van der Waals surface area contributed by atoms with Crippen molar-refractivity contribution in [2.24, 2.45) is 0 Å². The molecule has 0 aliphatic rings. The second kappa shape index (κ2) is 9.84. The van der Waals surface area contributed by atoms with Crippen LogP contribution < -0.4 is 26.7 Å². The van der Waals surface area contributed by atoms with E-state index in [0.717, 1.165) is 16.1 Å². The number of esters is 1. The third-order valence-corrected chi connectivity index (χ3v) is 4.43. The number of benzene rings is 1. The molecule has 0 fully saturated rings. The quantitative estimate of drug-likeness (QED) is 0.172. The Bertz CT molecular complexity index is 1410. The van der Waals surface area contributed by atoms with Crippen LogP contribution in [-0.4, -0.2) is 44.0 Å². The Morgan fingerprint density at radius 2 is 2.00 bits per heavy atom. The molecule has 4 rings (SSSR count). The lowest BCUT2D eigenvalue weighted by atomic mass is 10.1. The number of carbonyl (C=O) groups excluding carboxylic acids is 1. The molecule has 0 aliphatic heterocycles. The molecular weight excluding hydrogens is 458 g/mol. The second-order valence-corrected chi connectivity index (χ2v) is 6.68. The number of carbonyl (C=O) groups is 2. The van der Waals surface area contributed by atoms with Gasteiger partial charge in [0, 0.05) is 18.3 Å². The summed E-state index contributed by atoms with van der Waals surface area (Å²) in [4.78, 5) is 50.5. The summed E-state index contributed by atoms with van der Waals surface area (Å²) in [7, 11) is 1.19. The van der Waals surface area contributed by atoms with Gasteiger partial charge in [-0.2, -0.15) is 4.52 Å². The number of hydrogen-bond acceptors (Lipinski definition) is 11. The molecule has 4 aromatic rings. The van der Waals surface area contributed by atoms with Crippen molar-refractivity contribution in [1.29, 1.82) is 0 Å². The Morgan fingerprint density at radius 3 is 2.64 bits per heavy atom. The zero-order chi connectivity index (χ0) is 24.1.